The van der Waals surface area contributed by atoms with E-state index in [0.717, 1.165) is 22.5 Å². The maximum atomic E-state index is 12.5. The van der Waals surface area contributed by atoms with Gasteiger partial charge in [-0.1, -0.05) is 48.5 Å². The van der Waals surface area contributed by atoms with Crippen LogP contribution in [0.15, 0.2) is 91.1 Å². The van der Waals surface area contributed by atoms with Crippen molar-refractivity contribution in [3.05, 3.63) is 102 Å². The van der Waals surface area contributed by atoms with Gasteiger partial charge in [0.05, 0.1) is 24.0 Å². The normalized spacial score (nSPS) is 10.7. The van der Waals surface area contributed by atoms with Crippen LogP contribution in [0.25, 0.3) is 16.9 Å². The summed E-state index contributed by atoms with van der Waals surface area (Å²) in [4.78, 5) is 24.9. The van der Waals surface area contributed by atoms with E-state index in [0.29, 0.717) is 11.3 Å². The lowest BCUT2D eigenvalue weighted by atomic mass is 10.1. The van der Waals surface area contributed by atoms with Crippen LogP contribution < -0.4 is 15.4 Å². The molecule has 0 aliphatic rings. The van der Waals surface area contributed by atoms with E-state index in [9.17, 15) is 9.59 Å². The van der Waals surface area contributed by atoms with Gasteiger partial charge in [-0.05, 0) is 50.2 Å². The minimum atomic E-state index is -0.321. The van der Waals surface area contributed by atoms with Gasteiger partial charge in [-0.3, -0.25) is 9.59 Å². The third-order valence-corrected chi connectivity index (χ3v) is 5.23. The standard InChI is InChI=1S/C28H28N4O3/c1-20(2)35-25-15-13-22(14-16-25)28(34)30-18-26(33)29-17-23-19-32(24-11-7-4-8-12-24)31-27(23)21-9-5-3-6-10-21/h3-16,19-20H,17-18H2,1-2H3,(H,29,33)(H,30,34). The molecular formula is C28H28N4O3. The van der Waals surface area contributed by atoms with Crippen molar-refractivity contribution >= 4 is 11.8 Å². The monoisotopic (exact) mass is 468 g/mol. The molecule has 2 amide bonds. The van der Waals surface area contributed by atoms with Crippen molar-refractivity contribution in [3.8, 4) is 22.7 Å². The summed E-state index contributed by atoms with van der Waals surface area (Å²) in [7, 11) is 0. The summed E-state index contributed by atoms with van der Waals surface area (Å²) in [6.45, 7) is 4.03. The molecule has 3 aromatic carbocycles. The molecule has 7 heteroatoms. The SMILES string of the molecule is CC(C)Oc1ccc(C(=O)NCC(=O)NCc2cn(-c3ccccc3)nc2-c2ccccc2)cc1. The minimum Gasteiger partial charge on any atom is -0.491 e. The fraction of sp³-hybridized carbons (Fsp3) is 0.179. The third kappa shape index (κ3) is 6.35. The number of ether oxygens (including phenoxy) is 1. The Balaban J connectivity index is 1.38. The average Bonchev–Trinajstić information content (AvgIpc) is 3.31. The van der Waals surface area contributed by atoms with Gasteiger partial charge in [0.15, 0.2) is 0 Å². The van der Waals surface area contributed by atoms with Crippen molar-refractivity contribution < 1.29 is 14.3 Å². The lowest BCUT2D eigenvalue weighted by Gasteiger charge is -2.10. The zero-order chi connectivity index (χ0) is 24.6. The second-order valence-corrected chi connectivity index (χ2v) is 8.30. The van der Waals surface area contributed by atoms with Crippen LogP contribution >= 0.6 is 0 Å². The maximum absolute atomic E-state index is 12.5. The van der Waals surface area contributed by atoms with Gasteiger partial charge in [-0.25, -0.2) is 4.68 Å². The Hall–Kier alpha value is -4.39. The summed E-state index contributed by atoms with van der Waals surface area (Å²) in [6.07, 6.45) is 1.97. The molecule has 2 N–H and O–H groups in total. The van der Waals surface area contributed by atoms with Gasteiger partial charge < -0.3 is 15.4 Å². The molecule has 0 saturated heterocycles. The number of hydrogen-bond acceptors (Lipinski definition) is 4. The van der Waals surface area contributed by atoms with Crippen LogP contribution in [-0.4, -0.2) is 34.2 Å². The van der Waals surface area contributed by atoms with E-state index in [1.54, 1.807) is 28.9 Å². The number of nitrogens with zero attached hydrogens (tertiary/aromatic N) is 2. The van der Waals surface area contributed by atoms with Crippen LogP contribution in [0, 0.1) is 0 Å². The van der Waals surface area contributed by atoms with Gasteiger partial charge in [0.1, 0.15) is 5.75 Å². The Labute approximate surface area is 204 Å². The summed E-state index contributed by atoms with van der Waals surface area (Å²) >= 11 is 0. The first-order chi connectivity index (χ1) is 17.0. The highest BCUT2D eigenvalue weighted by Gasteiger charge is 2.14. The number of para-hydroxylation sites is 1. The molecule has 0 fully saturated rings. The third-order valence-electron chi connectivity index (χ3n) is 5.23. The largest absolute Gasteiger partial charge is 0.491 e. The van der Waals surface area contributed by atoms with E-state index in [2.05, 4.69) is 10.6 Å². The van der Waals surface area contributed by atoms with Crippen LogP contribution in [0.3, 0.4) is 0 Å². The first kappa shape index (κ1) is 23.8. The second-order valence-electron chi connectivity index (χ2n) is 8.30. The molecule has 0 unspecified atom stereocenters. The molecule has 7 nitrogen and oxygen atoms in total. The fourth-order valence-corrected chi connectivity index (χ4v) is 3.57. The van der Waals surface area contributed by atoms with Gasteiger partial charge >= 0.3 is 0 Å². The molecule has 178 valence electrons. The molecule has 0 aliphatic carbocycles. The highest BCUT2D eigenvalue weighted by Crippen LogP contribution is 2.23. The van der Waals surface area contributed by atoms with E-state index in [-0.39, 0.29) is 31.0 Å². The Morgan fingerprint density at radius 2 is 1.54 bits per heavy atom. The number of benzene rings is 3. The van der Waals surface area contributed by atoms with Crippen LogP contribution in [0.1, 0.15) is 29.8 Å². The van der Waals surface area contributed by atoms with Crippen LogP contribution in [0.5, 0.6) is 5.75 Å². The fourth-order valence-electron chi connectivity index (χ4n) is 3.57. The molecule has 0 bridgehead atoms. The number of aromatic nitrogens is 2. The summed E-state index contributed by atoms with van der Waals surface area (Å²) in [6, 6.07) is 26.5. The molecule has 0 saturated carbocycles. The number of carbonyl (C=O) groups is 2. The average molecular weight is 469 g/mol. The summed E-state index contributed by atoms with van der Waals surface area (Å²) in [5.74, 6) is 0.0854. The predicted octanol–water partition coefficient (Wildman–Crippen LogP) is 4.37. The lowest BCUT2D eigenvalue weighted by Crippen LogP contribution is -2.36. The van der Waals surface area contributed by atoms with E-state index < -0.39 is 0 Å². The second kappa shape index (κ2) is 11.2. The Morgan fingerprint density at radius 1 is 0.886 bits per heavy atom. The van der Waals surface area contributed by atoms with Gasteiger partial charge in [0.25, 0.3) is 5.91 Å². The van der Waals surface area contributed by atoms with Crippen molar-refractivity contribution in [1.82, 2.24) is 20.4 Å². The van der Waals surface area contributed by atoms with Gasteiger partial charge in [-0.2, -0.15) is 5.10 Å². The molecule has 4 rings (SSSR count). The minimum absolute atomic E-state index is 0.0561. The first-order valence-electron chi connectivity index (χ1n) is 11.5. The lowest BCUT2D eigenvalue weighted by molar-refractivity contribution is -0.120. The molecular weight excluding hydrogens is 440 g/mol. The first-order valence-corrected chi connectivity index (χ1v) is 11.5. The predicted molar refractivity (Wildman–Crippen MR) is 135 cm³/mol. The molecule has 0 spiro atoms. The highest BCUT2D eigenvalue weighted by atomic mass is 16.5. The molecule has 1 heterocycles. The van der Waals surface area contributed by atoms with Crippen LogP contribution in [0.2, 0.25) is 0 Å². The molecule has 0 atom stereocenters. The summed E-state index contributed by atoms with van der Waals surface area (Å²) in [5, 5.41) is 10.3. The quantitative estimate of drug-likeness (QED) is 0.382. The number of hydrogen-bond donors (Lipinski definition) is 2. The zero-order valence-corrected chi connectivity index (χ0v) is 19.8. The topological polar surface area (TPSA) is 85.2 Å². The number of carbonyl (C=O) groups excluding carboxylic acids is 2. The van der Waals surface area contributed by atoms with E-state index >= 15 is 0 Å². The molecule has 1 aromatic heterocycles. The van der Waals surface area contributed by atoms with E-state index in [4.69, 9.17) is 9.84 Å². The van der Waals surface area contributed by atoms with Gasteiger partial charge in [0.2, 0.25) is 5.91 Å². The number of amides is 2. The smallest absolute Gasteiger partial charge is 0.251 e. The Morgan fingerprint density at radius 3 is 2.20 bits per heavy atom. The van der Waals surface area contributed by atoms with Crippen molar-refractivity contribution in [3.63, 3.8) is 0 Å². The van der Waals surface area contributed by atoms with Crippen LogP contribution in [-0.2, 0) is 11.3 Å². The van der Waals surface area contributed by atoms with E-state index in [1.165, 1.54) is 0 Å². The zero-order valence-electron chi connectivity index (χ0n) is 19.8. The molecule has 0 aliphatic heterocycles. The number of rotatable bonds is 9. The maximum Gasteiger partial charge on any atom is 0.251 e. The summed E-state index contributed by atoms with van der Waals surface area (Å²) in [5.41, 5.74) is 4.02. The Kier molecular flexibility index (Phi) is 7.57. The van der Waals surface area contributed by atoms with Crippen LogP contribution in [0.4, 0.5) is 0 Å². The molecule has 35 heavy (non-hydrogen) atoms. The van der Waals surface area contributed by atoms with Gasteiger partial charge in [0, 0.05) is 29.4 Å². The highest BCUT2D eigenvalue weighted by molar-refractivity contribution is 5.96. The van der Waals surface area contributed by atoms with Crippen molar-refractivity contribution in [2.45, 2.75) is 26.5 Å². The van der Waals surface area contributed by atoms with Crippen molar-refractivity contribution in [2.75, 3.05) is 6.54 Å². The number of nitrogens with one attached hydrogen (secondary N) is 2. The van der Waals surface area contributed by atoms with E-state index in [1.807, 2.05) is 80.7 Å². The molecule has 0 radical (unpaired) electrons. The summed E-state index contributed by atoms with van der Waals surface area (Å²) < 4.78 is 7.39. The van der Waals surface area contributed by atoms with Crippen molar-refractivity contribution in [1.29, 1.82) is 0 Å². The van der Waals surface area contributed by atoms with Gasteiger partial charge in [-0.15, -0.1) is 0 Å². The molecule has 4 aromatic rings. The van der Waals surface area contributed by atoms with Crippen molar-refractivity contribution in [2.24, 2.45) is 0 Å². The Bertz CT molecular complexity index is 1270.